The molecule has 0 spiro atoms. The monoisotopic (exact) mass is 752 g/mol. The summed E-state index contributed by atoms with van der Waals surface area (Å²) in [4.78, 5) is 27.3. The summed E-state index contributed by atoms with van der Waals surface area (Å²) in [5, 5.41) is 0.0671. The second-order valence-electron chi connectivity index (χ2n) is 15.6. The van der Waals surface area contributed by atoms with Crippen molar-refractivity contribution in [3.05, 3.63) is 83.0 Å². The van der Waals surface area contributed by atoms with E-state index in [1.807, 2.05) is 48.5 Å². The summed E-state index contributed by atoms with van der Waals surface area (Å²) in [6.45, 7) is 24.3. The summed E-state index contributed by atoms with van der Waals surface area (Å²) >= 11 is 0. The van der Waals surface area contributed by atoms with Crippen molar-refractivity contribution in [1.82, 2.24) is 0 Å². The minimum atomic E-state index is -2.09. The lowest BCUT2D eigenvalue weighted by molar-refractivity contribution is -0.178. The van der Waals surface area contributed by atoms with Crippen molar-refractivity contribution in [2.75, 3.05) is 21.3 Å². The van der Waals surface area contributed by atoms with E-state index in [-0.39, 0.29) is 54.3 Å². The molecule has 0 fully saturated rings. The van der Waals surface area contributed by atoms with Crippen LogP contribution in [0.25, 0.3) is 0 Å². The van der Waals surface area contributed by atoms with Gasteiger partial charge in [-0.1, -0.05) is 78.0 Å². The van der Waals surface area contributed by atoms with Crippen molar-refractivity contribution in [3.63, 3.8) is 0 Å². The lowest BCUT2D eigenvalue weighted by Crippen LogP contribution is -2.49. The molecule has 296 valence electrons. The van der Waals surface area contributed by atoms with E-state index in [0.29, 0.717) is 18.8 Å². The molecule has 0 saturated heterocycles. The van der Waals surface area contributed by atoms with Crippen molar-refractivity contribution in [2.45, 2.75) is 137 Å². The zero-order chi connectivity index (χ0) is 40.0. The Labute approximate surface area is 321 Å². The van der Waals surface area contributed by atoms with Crippen LogP contribution in [0, 0.1) is 11.8 Å². The molecule has 0 aliphatic heterocycles. The van der Waals surface area contributed by atoms with Gasteiger partial charge >= 0.3 is 5.97 Å². The molecule has 0 amide bonds. The third-order valence-corrected chi connectivity index (χ3v) is 15.4. The highest BCUT2D eigenvalue weighted by atomic mass is 28.4. The quantitative estimate of drug-likeness (QED) is 0.0508. The van der Waals surface area contributed by atoms with Gasteiger partial charge in [0.1, 0.15) is 11.5 Å². The topological polar surface area (TPSA) is 89.5 Å². The Bertz CT molecular complexity index is 1490. The van der Waals surface area contributed by atoms with E-state index in [0.717, 1.165) is 28.9 Å². The highest BCUT2D eigenvalue weighted by molar-refractivity contribution is 6.74. The molecule has 2 aromatic carbocycles. The summed E-state index contributed by atoms with van der Waals surface area (Å²) < 4.78 is 35.8. The van der Waals surface area contributed by atoms with Crippen LogP contribution in [0.4, 0.5) is 0 Å². The lowest BCUT2D eigenvalue weighted by atomic mass is 9.85. The number of rotatable bonds is 22. The molecule has 5 atom stereocenters. The van der Waals surface area contributed by atoms with Gasteiger partial charge in [0, 0.05) is 12.3 Å². The second-order valence-corrected chi connectivity index (χ2v) is 20.4. The van der Waals surface area contributed by atoms with Gasteiger partial charge in [0.05, 0.1) is 46.8 Å². The third kappa shape index (κ3) is 12.7. The van der Waals surface area contributed by atoms with Crippen LogP contribution in [0.1, 0.15) is 99.1 Å². The molecule has 0 aliphatic rings. The summed E-state index contributed by atoms with van der Waals surface area (Å²) in [6, 6.07) is 15.2. The number of methoxy groups -OCH3 is 3. The van der Waals surface area contributed by atoms with E-state index < -0.39 is 19.9 Å². The molecule has 0 aliphatic carbocycles. The molecule has 0 heterocycles. The molecule has 0 radical (unpaired) electrons. The number of ether oxygens (including phenoxy) is 5. The minimum absolute atomic E-state index is 0.0620. The number of allylic oxidation sites excluding steroid dienone is 1. The summed E-state index contributed by atoms with van der Waals surface area (Å²) in [7, 11) is 2.45. The van der Waals surface area contributed by atoms with Gasteiger partial charge in [-0.05, 0) is 111 Å². The first-order valence-corrected chi connectivity index (χ1v) is 22.0. The van der Waals surface area contributed by atoms with E-state index in [4.69, 9.17) is 28.1 Å². The molecule has 9 heteroatoms. The molecule has 0 N–H and O–H groups in total. The maximum Gasteiger partial charge on any atom is 0.345 e. The Balaban J connectivity index is 2.44. The van der Waals surface area contributed by atoms with E-state index in [9.17, 15) is 9.59 Å². The van der Waals surface area contributed by atoms with E-state index >= 15 is 0 Å². The summed E-state index contributed by atoms with van der Waals surface area (Å²) in [5.74, 6) is 0.558. The number of carbonyl (C=O) groups is 2. The normalized spacial score (nSPS) is 16.3. The SMILES string of the molecule is C/C=C(\C)[C@H](O[Si](C)(C)C(C)(C)C)[C@H](/C=C(\C)[C@@H](OCc1ccc(OC)cc1)[C@@H](C)CCC(=O)[C@](CC)(OCc1ccc(OC)cc1)C(=O)OC)CC. The fourth-order valence-electron chi connectivity index (χ4n) is 6.18. The van der Waals surface area contributed by atoms with Crippen LogP contribution in [0.5, 0.6) is 11.5 Å². The average molecular weight is 753 g/mol. The molecular weight excluding hydrogens is 685 g/mol. The van der Waals surface area contributed by atoms with Crippen molar-refractivity contribution in [2.24, 2.45) is 11.8 Å². The Morgan fingerprint density at radius 1 is 0.811 bits per heavy atom. The summed E-state index contributed by atoms with van der Waals surface area (Å²) in [6.07, 6.45) is 5.77. The number of Topliss-reactive ketones (excluding diaryl/α,β-unsaturated/α-hetero) is 1. The van der Waals surface area contributed by atoms with Crippen molar-refractivity contribution < 1.29 is 37.7 Å². The standard InChI is InChI=1S/C44H68O8Si/c1-15-31(4)41(52-53(13,14)43(7,8)9)36(16-2)28-33(6)40(50-29-34-19-23-37(47-10)24-20-34)32(5)18-27-39(45)44(17-3,42(46)49-12)51-30-35-21-25-38(48-11)26-22-35/h15,19-26,28,32,36,40-41H,16-18,27,29-30H2,1-14H3/b31-15+,33-28+/t32-,36-,40-,41-,44-/m0/s1. The zero-order valence-electron chi connectivity index (χ0n) is 35.1. The molecular formula is C44H68O8Si. The van der Waals surface area contributed by atoms with Gasteiger partial charge in [-0.15, -0.1) is 0 Å². The Hall–Kier alpha value is -3.24. The Morgan fingerprint density at radius 3 is 1.77 bits per heavy atom. The molecule has 0 aromatic heterocycles. The van der Waals surface area contributed by atoms with Gasteiger partial charge in [-0.2, -0.15) is 0 Å². The maximum absolute atomic E-state index is 14.1. The second kappa shape index (κ2) is 21.0. The van der Waals surface area contributed by atoms with Gasteiger partial charge < -0.3 is 28.1 Å². The number of benzene rings is 2. The Morgan fingerprint density at radius 2 is 1.34 bits per heavy atom. The Kier molecular flexibility index (Phi) is 18.2. The van der Waals surface area contributed by atoms with Crippen LogP contribution >= 0.6 is 0 Å². The largest absolute Gasteiger partial charge is 0.497 e. The molecule has 0 saturated carbocycles. The number of ketones is 1. The fourth-order valence-corrected chi connectivity index (χ4v) is 7.53. The number of carbonyl (C=O) groups excluding carboxylic acids is 2. The van der Waals surface area contributed by atoms with Crippen LogP contribution in [0.2, 0.25) is 18.1 Å². The van der Waals surface area contributed by atoms with Crippen LogP contribution in [0.3, 0.4) is 0 Å². The highest BCUT2D eigenvalue weighted by Crippen LogP contribution is 2.40. The first-order valence-electron chi connectivity index (χ1n) is 19.0. The van der Waals surface area contributed by atoms with Crippen molar-refractivity contribution in [1.29, 1.82) is 0 Å². The van der Waals surface area contributed by atoms with Gasteiger partial charge in [0.15, 0.2) is 14.1 Å². The van der Waals surface area contributed by atoms with E-state index in [1.165, 1.54) is 12.7 Å². The van der Waals surface area contributed by atoms with Crippen LogP contribution in [0.15, 0.2) is 71.8 Å². The molecule has 0 bridgehead atoms. The van der Waals surface area contributed by atoms with Gasteiger partial charge in [-0.25, -0.2) is 4.79 Å². The van der Waals surface area contributed by atoms with Crippen LogP contribution in [-0.4, -0.2) is 59.2 Å². The summed E-state index contributed by atoms with van der Waals surface area (Å²) in [5.41, 5.74) is 2.42. The number of hydrogen-bond acceptors (Lipinski definition) is 8. The van der Waals surface area contributed by atoms with Gasteiger partial charge in [-0.3, -0.25) is 4.79 Å². The number of hydrogen-bond donors (Lipinski definition) is 0. The van der Waals surface area contributed by atoms with Crippen LogP contribution in [-0.2, 0) is 41.4 Å². The van der Waals surface area contributed by atoms with Crippen LogP contribution < -0.4 is 9.47 Å². The first kappa shape index (κ1) is 45.9. The first-order chi connectivity index (χ1) is 24.9. The third-order valence-electron chi connectivity index (χ3n) is 11.0. The molecule has 2 aromatic rings. The zero-order valence-corrected chi connectivity index (χ0v) is 36.1. The predicted molar refractivity (Wildman–Crippen MR) is 217 cm³/mol. The van der Waals surface area contributed by atoms with Gasteiger partial charge in [0.2, 0.25) is 5.60 Å². The average Bonchev–Trinajstić information content (AvgIpc) is 3.15. The predicted octanol–water partition coefficient (Wildman–Crippen LogP) is 10.4. The van der Waals surface area contributed by atoms with E-state index in [1.54, 1.807) is 21.1 Å². The smallest absolute Gasteiger partial charge is 0.345 e. The maximum atomic E-state index is 14.1. The van der Waals surface area contributed by atoms with Crippen molar-refractivity contribution in [3.8, 4) is 11.5 Å². The minimum Gasteiger partial charge on any atom is -0.497 e. The molecule has 2 rings (SSSR count). The molecule has 0 unspecified atom stereocenters. The lowest BCUT2D eigenvalue weighted by Gasteiger charge is -2.41. The van der Waals surface area contributed by atoms with Gasteiger partial charge in [0.25, 0.3) is 0 Å². The molecule has 53 heavy (non-hydrogen) atoms. The van der Waals surface area contributed by atoms with E-state index in [2.05, 4.69) is 80.6 Å². The fraction of sp³-hybridized carbons (Fsp3) is 0.591. The highest BCUT2D eigenvalue weighted by Gasteiger charge is 2.46. The van der Waals surface area contributed by atoms with Crippen molar-refractivity contribution >= 4 is 20.1 Å². The molecule has 8 nitrogen and oxygen atoms in total. The number of esters is 1.